The van der Waals surface area contributed by atoms with E-state index in [-0.39, 0.29) is 11.9 Å². The van der Waals surface area contributed by atoms with E-state index in [9.17, 15) is 9.59 Å². The summed E-state index contributed by atoms with van der Waals surface area (Å²) in [7, 11) is 0. The summed E-state index contributed by atoms with van der Waals surface area (Å²) in [6.45, 7) is 4.43. The number of carbonyl (C=O) groups excluding carboxylic acids is 2. The van der Waals surface area contributed by atoms with Crippen molar-refractivity contribution in [1.82, 2.24) is 9.88 Å². The Morgan fingerprint density at radius 3 is 2.80 bits per heavy atom. The highest BCUT2D eigenvalue weighted by Crippen LogP contribution is 2.35. The largest absolute Gasteiger partial charge is 0.488 e. The number of likely N-dealkylation sites (tertiary alicyclic amines) is 1. The molecular formula is C18H24N4O3. The fraction of sp³-hybridized carbons (Fsp3) is 0.500. The van der Waals surface area contributed by atoms with Gasteiger partial charge in [-0.3, -0.25) is 4.79 Å². The Kier molecular flexibility index (Phi) is 5.26. The summed E-state index contributed by atoms with van der Waals surface area (Å²) in [5.41, 5.74) is 7.00. The number of rotatable bonds is 4. The van der Waals surface area contributed by atoms with Gasteiger partial charge in [0.15, 0.2) is 11.6 Å². The van der Waals surface area contributed by atoms with Crippen LogP contribution < -0.4 is 15.4 Å². The standard InChI is InChI=1S/C18H24N4O3/c1-13(19)11-14(5-9-23)22-8-10-25-16-12-15(20-17(16)22)18(24)21-6-3-2-4-7-21/h5,11-13,20H,2-4,6-8,10,19H2,1H3/b14-11+/t13-/m0/s1. The number of amides is 1. The normalized spacial score (nSPS) is 18.9. The van der Waals surface area contributed by atoms with Crippen molar-refractivity contribution in [2.24, 2.45) is 5.73 Å². The molecule has 1 atom stereocenters. The SMILES string of the molecule is C[C@H](N)/C=C(\C=C=O)N1CCOc2cc(C(=O)N3CCCCC3)[nH]c21. The molecule has 3 heterocycles. The van der Waals surface area contributed by atoms with Gasteiger partial charge >= 0.3 is 0 Å². The van der Waals surface area contributed by atoms with Gasteiger partial charge in [-0.15, -0.1) is 0 Å². The highest BCUT2D eigenvalue weighted by molar-refractivity contribution is 5.94. The van der Waals surface area contributed by atoms with Crippen molar-refractivity contribution >= 4 is 17.7 Å². The minimum Gasteiger partial charge on any atom is -0.488 e. The topological polar surface area (TPSA) is 91.7 Å². The molecule has 3 N–H and O–H groups in total. The quantitative estimate of drug-likeness (QED) is 0.637. The molecular weight excluding hydrogens is 320 g/mol. The molecule has 3 rings (SSSR count). The second-order valence-electron chi connectivity index (χ2n) is 6.46. The van der Waals surface area contributed by atoms with Crippen LogP contribution in [0.25, 0.3) is 0 Å². The number of aromatic amines is 1. The molecule has 134 valence electrons. The Hall–Kier alpha value is -2.50. The van der Waals surface area contributed by atoms with Crippen LogP contribution in [0.15, 0.2) is 23.9 Å². The van der Waals surface area contributed by atoms with Crippen LogP contribution in [0.2, 0.25) is 0 Å². The van der Waals surface area contributed by atoms with E-state index in [1.807, 2.05) is 22.7 Å². The molecule has 2 aliphatic rings. The van der Waals surface area contributed by atoms with Gasteiger partial charge in [0.25, 0.3) is 5.91 Å². The molecule has 1 amide bonds. The van der Waals surface area contributed by atoms with E-state index in [1.54, 1.807) is 12.1 Å². The number of hydrogen-bond donors (Lipinski definition) is 2. The molecule has 1 aromatic heterocycles. The van der Waals surface area contributed by atoms with E-state index in [1.165, 1.54) is 12.5 Å². The average Bonchev–Trinajstić information content (AvgIpc) is 3.05. The first-order chi connectivity index (χ1) is 12.1. The maximum Gasteiger partial charge on any atom is 0.270 e. The minimum absolute atomic E-state index is 0.0127. The number of allylic oxidation sites excluding steroid dienone is 1. The van der Waals surface area contributed by atoms with Crippen LogP contribution in [0.3, 0.4) is 0 Å². The number of nitrogens with two attached hydrogens (primary N) is 1. The van der Waals surface area contributed by atoms with Crippen molar-refractivity contribution in [3.63, 3.8) is 0 Å². The van der Waals surface area contributed by atoms with Gasteiger partial charge in [0.2, 0.25) is 0 Å². The molecule has 0 aliphatic carbocycles. The molecule has 0 aromatic carbocycles. The van der Waals surface area contributed by atoms with Crippen LogP contribution in [0.1, 0.15) is 36.7 Å². The fourth-order valence-electron chi connectivity index (χ4n) is 3.28. The summed E-state index contributed by atoms with van der Waals surface area (Å²) in [6, 6.07) is 1.53. The van der Waals surface area contributed by atoms with E-state index >= 15 is 0 Å². The predicted octanol–water partition coefficient (Wildman–Crippen LogP) is 1.46. The van der Waals surface area contributed by atoms with E-state index in [2.05, 4.69) is 4.98 Å². The highest BCUT2D eigenvalue weighted by Gasteiger charge is 2.27. The van der Waals surface area contributed by atoms with Crippen molar-refractivity contribution < 1.29 is 14.3 Å². The molecule has 1 fully saturated rings. The number of H-pyrrole nitrogens is 1. The van der Waals surface area contributed by atoms with Gasteiger partial charge in [0.05, 0.1) is 12.2 Å². The van der Waals surface area contributed by atoms with Gasteiger partial charge in [0, 0.05) is 31.3 Å². The van der Waals surface area contributed by atoms with Crippen LogP contribution in [0, 0.1) is 0 Å². The first-order valence-electron chi connectivity index (χ1n) is 8.71. The molecule has 1 saturated heterocycles. The number of nitrogens with one attached hydrogen (secondary N) is 1. The summed E-state index contributed by atoms with van der Waals surface area (Å²) >= 11 is 0. The second-order valence-corrected chi connectivity index (χ2v) is 6.46. The summed E-state index contributed by atoms with van der Waals surface area (Å²) in [5, 5.41) is 0. The van der Waals surface area contributed by atoms with Gasteiger partial charge in [-0.25, -0.2) is 4.79 Å². The van der Waals surface area contributed by atoms with Crippen LogP contribution in [-0.4, -0.2) is 54.0 Å². The first kappa shape index (κ1) is 17.3. The second kappa shape index (κ2) is 7.59. The van der Waals surface area contributed by atoms with Crippen molar-refractivity contribution in [2.45, 2.75) is 32.2 Å². The van der Waals surface area contributed by atoms with Crippen molar-refractivity contribution in [3.8, 4) is 5.75 Å². The van der Waals surface area contributed by atoms with Crippen LogP contribution in [0.5, 0.6) is 5.75 Å². The third-order valence-corrected chi connectivity index (χ3v) is 4.43. The maximum atomic E-state index is 12.7. The van der Waals surface area contributed by atoms with Crippen LogP contribution in [-0.2, 0) is 4.79 Å². The molecule has 7 nitrogen and oxygen atoms in total. The van der Waals surface area contributed by atoms with Gasteiger partial charge in [-0.2, -0.15) is 0 Å². The highest BCUT2D eigenvalue weighted by atomic mass is 16.5. The molecule has 0 spiro atoms. The third-order valence-electron chi connectivity index (χ3n) is 4.43. The number of hydrogen-bond acceptors (Lipinski definition) is 5. The molecule has 2 aliphatic heterocycles. The number of anilines is 1. The lowest BCUT2D eigenvalue weighted by Crippen LogP contribution is -2.36. The van der Waals surface area contributed by atoms with Crippen LogP contribution >= 0.6 is 0 Å². The van der Waals surface area contributed by atoms with E-state index < -0.39 is 0 Å². The van der Waals surface area contributed by atoms with Crippen molar-refractivity contribution in [1.29, 1.82) is 0 Å². The summed E-state index contributed by atoms with van der Waals surface area (Å²) < 4.78 is 5.69. The van der Waals surface area contributed by atoms with E-state index in [4.69, 9.17) is 10.5 Å². The monoisotopic (exact) mass is 344 g/mol. The predicted molar refractivity (Wildman–Crippen MR) is 95.4 cm³/mol. The number of aromatic nitrogens is 1. The average molecular weight is 344 g/mol. The van der Waals surface area contributed by atoms with Gasteiger partial charge in [-0.05, 0) is 32.3 Å². The van der Waals surface area contributed by atoms with Crippen molar-refractivity contribution in [3.05, 3.63) is 29.6 Å². The Morgan fingerprint density at radius 1 is 1.36 bits per heavy atom. The molecule has 0 saturated carbocycles. The molecule has 0 bridgehead atoms. The fourth-order valence-corrected chi connectivity index (χ4v) is 3.28. The van der Waals surface area contributed by atoms with Gasteiger partial charge in [-0.1, -0.05) is 0 Å². The van der Waals surface area contributed by atoms with Crippen LogP contribution in [0.4, 0.5) is 5.82 Å². The van der Waals surface area contributed by atoms with Gasteiger partial charge < -0.3 is 25.3 Å². The zero-order chi connectivity index (χ0) is 17.8. The molecule has 25 heavy (non-hydrogen) atoms. The molecule has 1 aromatic rings. The maximum absolute atomic E-state index is 12.7. The lowest BCUT2D eigenvalue weighted by atomic mass is 10.1. The number of carbonyl (C=O) groups is 1. The lowest BCUT2D eigenvalue weighted by Gasteiger charge is -2.29. The minimum atomic E-state index is -0.213. The van der Waals surface area contributed by atoms with E-state index in [0.717, 1.165) is 25.9 Å². The number of fused-ring (bicyclic) bond motifs is 1. The summed E-state index contributed by atoms with van der Waals surface area (Å²) in [4.78, 5) is 30.5. The van der Waals surface area contributed by atoms with Gasteiger partial charge in [0.1, 0.15) is 18.2 Å². The first-order valence-corrected chi connectivity index (χ1v) is 8.71. The van der Waals surface area contributed by atoms with E-state index in [0.29, 0.717) is 36.1 Å². The Bertz CT molecular complexity index is 710. The smallest absolute Gasteiger partial charge is 0.270 e. The number of ether oxygens (including phenoxy) is 1. The lowest BCUT2D eigenvalue weighted by molar-refractivity contribution is 0.0719. The summed E-state index contributed by atoms with van der Waals surface area (Å²) in [6.07, 6.45) is 6.39. The molecule has 7 heteroatoms. The molecule has 0 radical (unpaired) electrons. The zero-order valence-electron chi connectivity index (χ0n) is 14.5. The summed E-state index contributed by atoms with van der Waals surface area (Å²) in [5.74, 6) is 3.08. The Balaban J connectivity index is 1.90. The Morgan fingerprint density at radius 2 is 2.12 bits per heavy atom. The number of nitrogens with zero attached hydrogens (tertiary/aromatic N) is 2. The molecule has 0 unspecified atom stereocenters. The zero-order valence-corrected chi connectivity index (χ0v) is 14.5. The third kappa shape index (κ3) is 3.78. The number of piperidine rings is 1. The Labute approximate surface area is 147 Å². The van der Waals surface area contributed by atoms with Crippen molar-refractivity contribution in [2.75, 3.05) is 31.1 Å².